The van der Waals surface area contributed by atoms with Crippen LogP contribution >= 0.6 is 23.4 Å². The van der Waals surface area contributed by atoms with E-state index in [1.165, 1.54) is 11.8 Å². The van der Waals surface area contributed by atoms with Crippen molar-refractivity contribution < 1.29 is 9.90 Å². The number of carbonyl (C=O) groups excluding carboxylic acids is 1. The summed E-state index contributed by atoms with van der Waals surface area (Å²) in [5.74, 6) is 0.502. The lowest BCUT2D eigenvalue weighted by molar-refractivity contribution is -0.131. The van der Waals surface area contributed by atoms with E-state index in [0.717, 1.165) is 24.3 Å². The number of aliphatic hydroxyl groups is 1. The number of piperidine rings is 1. The number of halogens is 1. The normalized spacial score (nSPS) is 19.9. The second-order valence-electron chi connectivity index (χ2n) is 4.38. The van der Waals surface area contributed by atoms with Crippen LogP contribution in [0.2, 0.25) is 5.02 Å². The zero-order valence-corrected chi connectivity index (χ0v) is 11.6. The van der Waals surface area contributed by atoms with Gasteiger partial charge in [-0.3, -0.25) is 4.79 Å². The molecule has 1 saturated heterocycles. The average Bonchev–Trinajstić information content (AvgIpc) is 2.38. The number of carbonyl (C=O) groups is 1. The van der Waals surface area contributed by atoms with Crippen LogP contribution in [-0.4, -0.2) is 40.9 Å². The molecule has 1 aromatic rings. The van der Waals surface area contributed by atoms with Gasteiger partial charge in [-0.1, -0.05) is 11.6 Å². The van der Waals surface area contributed by atoms with Gasteiger partial charge in [-0.25, -0.2) is 0 Å². The molecule has 0 spiro atoms. The molecule has 1 N–H and O–H groups in total. The first-order valence-corrected chi connectivity index (χ1v) is 7.36. The molecule has 5 heteroatoms. The van der Waals surface area contributed by atoms with E-state index in [1.807, 2.05) is 24.3 Å². The van der Waals surface area contributed by atoms with E-state index >= 15 is 0 Å². The Morgan fingerprint density at radius 2 is 2.17 bits per heavy atom. The third-order valence-corrected chi connectivity index (χ3v) is 4.17. The lowest BCUT2D eigenvalue weighted by atomic mass is 10.1. The Kier molecular flexibility index (Phi) is 4.92. The molecule has 0 aromatic heterocycles. The van der Waals surface area contributed by atoms with Crippen LogP contribution in [0.1, 0.15) is 12.8 Å². The van der Waals surface area contributed by atoms with Crippen molar-refractivity contribution in [3.8, 4) is 0 Å². The molecule has 0 bridgehead atoms. The highest BCUT2D eigenvalue weighted by Gasteiger charge is 2.21. The monoisotopic (exact) mass is 285 g/mol. The number of aliphatic hydroxyl groups excluding tert-OH is 1. The molecule has 18 heavy (non-hydrogen) atoms. The predicted molar refractivity (Wildman–Crippen MR) is 74.0 cm³/mol. The van der Waals surface area contributed by atoms with Gasteiger partial charge in [0.05, 0.1) is 11.9 Å². The summed E-state index contributed by atoms with van der Waals surface area (Å²) in [6.07, 6.45) is 1.33. The fraction of sp³-hybridized carbons (Fsp3) is 0.462. The summed E-state index contributed by atoms with van der Waals surface area (Å²) in [5.41, 5.74) is 0. The van der Waals surface area contributed by atoms with Crippen LogP contribution in [0.5, 0.6) is 0 Å². The standard InChI is InChI=1S/C13H16ClNO2S/c14-10-3-5-12(6-4-10)18-9-13(17)15-7-1-2-11(16)8-15/h3-6,11,16H,1-2,7-9H2. The molecular weight excluding hydrogens is 270 g/mol. The Hall–Kier alpha value is -0.710. The molecule has 1 amide bonds. The molecule has 1 aliphatic heterocycles. The summed E-state index contributed by atoms with van der Waals surface area (Å²) in [5, 5.41) is 10.2. The Balaban J connectivity index is 1.82. The van der Waals surface area contributed by atoms with Gasteiger partial charge in [0.2, 0.25) is 5.91 Å². The van der Waals surface area contributed by atoms with Gasteiger partial charge in [0.15, 0.2) is 0 Å². The highest BCUT2D eigenvalue weighted by atomic mass is 35.5. The molecule has 1 heterocycles. The third-order valence-electron chi connectivity index (χ3n) is 2.93. The maximum atomic E-state index is 12.0. The third kappa shape index (κ3) is 3.90. The van der Waals surface area contributed by atoms with Crippen molar-refractivity contribution in [2.45, 2.75) is 23.8 Å². The number of thioether (sulfide) groups is 1. The molecule has 1 atom stereocenters. The van der Waals surface area contributed by atoms with Gasteiger partial charge in [0, 0.05) is 23.0 Å². The first-order valence-electron chi connectivity index (χ1n) is 5.99. The van der Waals surface area contributed by atoms with Crippen molar-refractivity contribution in [1.82, 2.24) is 4.90 Å². The van der Waals surface area contributed by atoms with Crippen LogP contribution < -0.4 is 0 Å². The van der Waals surface area contributed by atoms with E-state index in [2.05, 4.69) is 0 Å². The second kappa shape index (κ2) is 6.45. The van der Waals surface area contributed by atoms with E-state index in [1.54, 1.807) is 4.90 Å². The van der Waals surface area contributed by atoms with E-state index in [0.29, 0.717) is 17.3 Å². The molecule has 1 fully saturated rings. The quantitative estimate of drug-likeness (QED) is 0.867. The summed E-state index contributed by atoms with van der Waals surface area (Å²) >= 11 is 7.30. The minimum Gasteiger partial charge on any atom is -0.391 e. The zero-order valence-electron chi connectivity index (χ0n) is 10.0. The van der Waals surface area contributed by atoms with Crippen LogP contribution in [0, 0.1) is 0 Å². The van der Waals surface area contributed by atoms with Crippen LogP contribution in [0.4, 0.5) is 0 Å². The fourth-order valence-corrected chi connectivity index (χ4v) is 2.88. The highest BCUT2D eigenvalue weighted by molar-refractivity contribution is 8.00. The number of likely N-dealkylation sites (tertiary alicyclic amines) is 1. The topological polar surface area (TPSA) is 40.5 Å². The molecule has 1 aromatic carbocycles. The van der Waals surface area contributed by atoms with Gasteiger partial charge in [-0.05, 0) is 37.1 Å². The summed E-state index contributed by atoms with van der Waals surface area (Å²) < 4.78 is 0. The first-order chi connectivity index (χ1) is 8.65. The number of β-amino-alcohol motifs (C(OH)–C–C–N with tert-alkyl or cyclic N) is 1. The molecule has 2 rings (SSSR count). The lowest BCUT2D eigenvalue weighted by Gasteiger charge is -2.30. The van der Waals surface area contributed by atoms with Crippen molar-refractivity contribution >= 4 is 29.3 Å². The maximum absolute atomic E-state index is 12.0. The number of nitrogens with zero attached hydrogens (tertiary/aromatic N) is 1. The van der Waals surface area contributed by atoms with Crippen LogP contribution in [-0.2, 0) is 4.79 Å². The highest BCUT2D eigenvalue weighted by Crippen LogP contribution is 2.21. The minimum atomic E-state index is -0.358. The Labute approximate surface area is 116 Å². The second-order valence-corrected chi connectivity index (χ2v) is 5.86. The zero-order chi connectivity index (χ0) is 13.0. The number of rotatable bonds is 3. The fourth-order valence-electron chi connectivity index (χ4n) is 1.95. The SMILES string of the molecule is O=C(CSc1ccc(Cl)cc1)N1CCCC(O)C1. The summed E-state index contributed by atoms with van der Waals surface area (Å²) in [7, 11) is 0. The van der Waals surface area contributed by atoms with Crippen molar-refractivity contribution in [2.75, 3.05) is 18.8 Å². The van der Waals surface area contributed by atoms with Crippen LogP contribution in [0.15, 0.2) is 29.2 Å². The van der Waals surface area contributed by atoms with Crippen molar-refractivity contribution in [2.24, 2.45) is 0 Å². The molecule has 98 valence electrons. The number of benzene rings is 1. The number of hydrogen-bond acceptors (Lipinski definition) is 3. The van der Waals surface area contributed by atoms with Gasteiger partial charge >= 0.3 is 0 Å². The van der Waals surface area contributed by atoms with E-state index in [-0.39, 0.29) is 12.0 Å². The van der Waals surface area contributed by atoms with Crippen molar-refractivity contribution in [3.63, 3.8) is 0 Å². The molecule has 0 aliphatic carbocycles. The minimum absolute atomic E-state index is 0.0914. The van der Waals surface area contributed by atoms with Crippen LogP contribution in [0.25, 0.3) is 0 Å². The molecule has 1 unspecified atom stereocenters. The van der Waals surface area contributed by atoms with Gasteiger partial charge in [-0.2, -0.15) is 0 Å². The Morgan fingerprint density at radius 3 is 2.83 bits per heavy atom. The van der Waals surface area contributed by atoms with Gasteiger partial charge in [0.25, 0.3) is 0 Å². The van der Waals surface area contributed by atoms with E-state index in [4.69, 9.17) is 11.6 Å². The molecule has 1 aliphatic rings. The Morgan fingerprint density at radius 1 is 1.44 bits per heavy atom. The van der Waals surface area contributed by atoms with Crippen LogP contribution in [0.3, 0.4) is 0 Å². The Bertz CT molecular complexity index is 410. The average molecular weight is 286 g/mol. The van der Waals surface area contributed by atoms with Gasteiger partial charge in [0.1, 0.15) is 0 Å². The van der Waals surface area contributed by atoms with Gasteiger partial charge < -0.3 is 10.0 Å². The van der Waals surface area contributed by atoms with E-state index in [9.17, 15) is 9.90 Å². The van der Waals surface area contributed by atoms with E-state index < -0.39 is 0 Å². The smallest absolute Gasteiger partial charge is 0.233 e. The molecule has 0 radical (unpaired) electrons. The largest absolute Gasteiger partial charge is 0.391 e. The summed E-state index contributed by atoms with van der Waals surface area (Å²) in [6.45, 7) is 1.23. The van der Waals surface area contributed by atoms with Gasteiger partial charge in [-0.15, -0.1) is 11.8 Å². The number of hydrogen-bond donors (Lipinski definition) is 1. The van der Waals surface area contributed by atoms with Crippen molar-refractivity contribution in [3.05, 3.63) is 29.3 Å². The molecule has 0 saturated carbocycles. The number of amides is 1. The lowest BCUT2D eigenvalue weighted by Crippen LogP contribution is -2.42. The summed E-state index contributed by atoms with van der Waals surface area (Å²) in [4.78, 5) is 14.7. The maximum Gasteiger partial charge on any atom is 0.233 e. The molecule has 3 nitrogen and oxygen atoms in total. The summed E-state index contributed by atoms with van der Waals surface area (Å²) in [6, 6.07) is 7.45. The first kappa shape index (κ1) is 13.7. The van der Waals surface area contributed by atoms with Crippen molar-refractivity contribution in [1.29, 1.82) is 0 Å². The molecular formula is C13H16ClNO2S. The predicted octanol–water partition coefficient (Wildman–Crippen LogP) is 2.42.